The number of carbonyl (C=O) groups is 3. The predicted molar refractivity (Wildman–Crippen MR) is 143 cm³/mol. The number of nitrogens with one attached hydrogen (secondary N) is 1. The van der Waals surface area contributed by atoms with Crippen LogP contribution in [0.15, 0.2) is 36.4 Å². The van der Waals surface area contributed by atoms with Gasteiger partial charge in [0.25, 0.3) is 0 Å². The van der Waals surface area contributed by atoms with Crippen LogP contribution < -0.4 is 10.2 Å². The maximum atomic E-state index is 13.4. The topological polar surface area (TPSA) is 134 Å². The number of ether oxygens (including phenoxy) is 2. The van der Waals surface area contributed by atoms with Crippen molar-refractivity contribution in [2.45, 2.75) is 25.5 Å². The summed E-state index contributed by atoms with van der Waals surface area (Å²) in [5.41, 5.74) is 3.28. The minimum atomic E-state index is -1.27. The monoisotopic (exact) mass is 554 g/mol. The first kappa shape index (κ1) is 28.3. The molecular weight excluding hydrogens is 523 g/mol. The van der Waals surface area contributed by atoms with Gasteiger partial charge in [-0.3, -0.25) is 0 Å². The van der Waals surface area contributed by atoms with Crippen molar-refractivity contribution in [3.63, 3.8) is 0 Å². The quantitative estimate of drug-likeness (QED) is 0.510. The summed E-state index contributed by atoms with van der Waals surface area (Å²) < 4.78 is 21.9. The number of hydrogen-bond donors (Lipinski definition) is 1. The fourth-order valence-corrected chi connectivity index (χ4v) is 4.75. The molecule has 2 aliphatic heterocycles. The van der Waals surface area contributed by atoms with E-state index in [1.807, 2.05) is 35.2 Å². The molecule has 4 rings (SSSR count). The number of amides is 3. The molecule has 1 aromatic heterocycles. The number of benzene rings is 1. The number of nitrogens with zero attached hydrogens (tertiary/aromatic N) is 5. The van der Waals surface area contributed by atoms with Crippen LogP contribution in [0.1, 0.15) is 23.8 Å². The Hall–Kier alpha value is -3.72. The molecule has 2 aromatic rings. The van der Waals surface area contributed by atoms with Crippen LogP contribution in [0.4, 0.5) is 10.6 Å². The van der Waals surface area contributed by atoms with Crippen LogP contribution in [-0.4, -0.2) is 103 Å². The van der Waals surface area contributed by atoms with Gasteiger partial charge in [-0.15, -0.1) is 0 Å². The number of rotatable bonds is 7. The van der Waals surface area contributed by atoms with Crippen molar-refractivity contribution in [3.05, 3.63) is 42.1 Å². The van der Waals surface area contributed by atoms with Crippen LogP contribution in [0, 0.1) is 5.63 Å². The molecule has 39 heavy (non-hydrogen) atoms. The first-order valence-corrected chi connectivity index (χ1v) is 13.6. The van der Waals surface area contributed by atoms with Crippen LogP contribution in [0.3, 0.4) is 0 Å². The molecule has 0 radical (unpaired) electrons. The molecule has 2 saturated heterocycles. The molecule has 12 nitrogen and oxygen atoms in total. The molecular formula is C26H31N6O6P. The molecule has 0 bridgehead atoms. The van der Waals surface area contributed by atoms with Gasteiger partial charge in [0.2, 0.25) is 0 Å². The van der Waals surface area contributed by atoms with Gasteiger partial charge in [0.1, 0.15) is 0 Å². The third kappa shape index (κ3) is 7.03. The molecule has 2 aliphatic rings. The zero-order valence-electron chi connectivity index (χ0n) is 21.9. The van der Waals surface area contributed by atoms with Gasteiger partial charge in [-0.25, -0.2) is 0 Å². The second-order valence-corrected chi connectivity index (χ2v) is 9.47. The van der Waals surface area contributed by atoms with Crippen molar-refractivity contribution in [1.29, 1.82) is 0 Å². The molecule has 2 atom stereocenters. The van der Waals surface area contributed by atoms with Crippen LogP contribution in [0.5, 0.6) is 0 Å². The van der Waals surface area contributed by atoms with E-state index >= 15 is 0 Å². The second-order valence-electron chi connectivity index (χ2n) is 9.03. The van der Waals surface area contributed by atoms with Crippen molar-refractivity contribution >= 4 is 31.6 Å². The Morgan fingerprint density at radius 1 is 1.10 bits per heavy atom. The summed E-state index contributed by atoms with van der Waals surface area (Å²) in [4.78, 5) is 52.7. The van der Waals surface area contributed by atoms with Crippen molar-refractivity contribution in [1.82, 2.24) is 25.1 Å². The van der Waals surface area contributed by atoms with Gasteiger partial charge in [0.05, 0.1) is 0 Å². The Bertz CT molecular complexity index is 1300. The molecule has 1 aromatic carbocycles. The standard InChI is InChI=1S/C26H31N6O6P/c1-3-38-26(35)31-13-11-30(12-14-31)25(34)21(17-39-36)28-24(33)20-15-22(32-10-9-19(16-32)37-2)29-23(27-20)18-7-5-4-6-8-18/h4-8,15,19,21H,3,9-14,16H2,1-2H3,(H,28,33)/t19-,21-/m0/s1. The van der Waals surface area contributed by atoms with E-state index in [0.29, 0.717) is 24.7 Å². The normalized spacial score (nSPS) is 17.8. The van der Waals surface area contributed by atoms with E-state index in [1.54, 1.807) is 20.1 Å². The Kier molecular flexibility index (Phi) is 9.70. The van der Waals surface area contributed by atoms with Gasteiger partial charge >= 0.3 is 228 Å². The Morgan fingerprint density at radius 3 is 2.46 bits per heavy atom. The summed E-state index contributed by atoms with van der Waals surface area (Å²) in [6.07, 6.45) is 0.452. The fraction of sp³-hybridized carbons (Fsp3) is 0.462. The van der Waals surface area contributed by atoms with Gasteiger partial charge in [0, 0.05) is 0 Å². The average Bonchev–Trinajstić information content (AvgIpc) is 3.46. The molecule has 206 valence electrons. The molecule has 13 heteroatoms. The van der Waals surface area contributed by atoms with Gasteiger partial charge < -0.3 is 0 Å². The first-order valence-electron chi connectivity index (χ1n) is 12.7. The van der Waals surface area contributed by atoms with Crippen molar-refractivity contribution in [2.24, 2.45) is 0 Å². The van der Waals surface area contributed by atoms with Gasteiger partial charge in [-0.2, -0.15) is 0 Å². The molecule has 0 saturated carbocycles. The Morgan fingerprint density at radius 2 is 1.82 bits per heavy atom. The van der Waals surface area contributed by atoms with E-state index in [1.165, 1.54) is 9.80 Å². The molecule has 3 amide bonds. The zero-order valence-corrected chi connectivity index (χ0v) is 22.8. The van der Waals surface area contributed by atoms with E-state index < -0.39 is 31.9 Å². The van der Waals surface area contributed by atoms with Crippen molar-refractivity contribution in [2.75, 3.05) is 57.9 Å². The van der Waals surface area contributed by atoms with Crippen LogP contribution >= 0.6 is 7.92 Å². The summed E-state index contributed by atoms with van der Waals surface area (Å²) in [5.74, 6) is -0.165. The number of piperazine rings is 1. The number of methoxy groups -OCH3 is 1. The summed E-state index contributed by atoms with van der Waals surface area (Å²) in [6, 6.07) is 9.60. The molecule has 0 spiro atoms. The van der Waals surface area contributed by atoms with E-state index in [9.17, 15) is 18.9 Å². The first-order chi connectivity index (χ1) is 18.9. The summed E-state index contributed by atoms with van der Waals surface area (Å²) >= 11 is 0. The maximum absolute atomic E-state index is 13.4. The second kappa shape index (κ2) is 13.4. The minimum absolute atomic E-state index is 0.0592. The molecule has 2 fully saturated rings. The van der Waals surface area contributed by atoms with Crippen LogP contribution in [0.25, 0.3) is 11.4 Å². The van der Waals surface area contributed by atoms with E-state index in [2.05, 4.69) is 20.9 Å². The van der Waals surface area contributed by atoms with Crippen LogP contribution in [0.2, 0.25) is 0 Å². The Balaban J connectivity index is 1.53. The number of carbonyl (C=O) groups excluding carboxylic acids is 3. The molecule has 1 N–H and O–H groups in total. The summed E-state index contributed by atoms with van der Waals surface area (Å²) in [7, 11) is 1.14. The van der Waals surface area contributed by atoms with Gasteiger partial charge in [0.15, 0.2) is 0 Å². The average molecular weight is 555 g/mol. The van der Waals surface area contributed by atoms with Crippen molar-refractivity contribution < 1.29 is 28.4 Å². The third-order valence-electron chi connectivity index (χ3n) is 6.60. The van der Waals surface area contributed by atoms with Gasteiger partial charge in [-0.05, 0) is 0 Å². The molecule has 0 unspecified atom stereocenters. The third-order valence-corrected chi connectivity index (χ3v) is 6.96. The van der Waals surface area contributed by atoms with E-state index in [-0.39, 0.29) is 44.6 Å². The Labute approximate surface area is 227 Å². The SMILES string of the molecule is CCOC(=O)N1CCN(C(=O)[C@H](C#P=O)NC(=O)c2cc(N3CC[C@H](OC)C3)nc(-c3ccccc3)n2)CC1. The summed E-state index contributed by atoms with van der Waals surface area (Å²) in [6.45, 7) is 4.38. The number of anilines is 1. The zero-order chi connectivity index (χ0) is 27.8. The fourth-order valence-electron chi connectivity index (χ4n) is 4.47. The van der Waals surface area contributed by atoms with Gasteiger partial charge in [-0.1, -0.05) is 0 Å². The van der Waals surface area contributed by atoms with Crippen molar-refractivity contribution in [3.8, 4) is 17.0 Å². The van der Waals surface area contributed by atoms with E-state index in [4.69, 9.17) is 9.47 Å². The summed E-state index contributed by atoms with van der Waals surface area (Å²) in [5, 5.41) is 2.62. The number of aromatic nitrogens is 2. The molecule has 3 heterocycles. The molecule has 0 aliphatic carbocycles. The van der Waals surface area contributed by atoms with Crippen LogP contribution in [-0.2, 0) is 18.8 Å². The van der Waals surface area contributed by atoms with E-state index in [0.717, 1.165) is 12.0 Å². The number of hydrogen-bond acceptors (Lipinski definition) is 9. The predicted octanol–water partition coefficient (Wildman–Crippen LogP) is 2.02.